The number of rotatable bonds is 18. The number of anilines is 7. The predicted octanol–water partition coefficient (Wildman–Crippen LogP) is 14.5. The van der Waals surface area contributed by atoms with E-state index in [-0.39, 0.29) is 159 Å². The Balaban J connectivity index is 0.000000154. The Kier molecular flexibility index (Phi) is 23.9. The molecule has 31 heteroatoms. The first kappa shape index (κ1) is 79.2. The summed E-state index contributed by atoms with van der Waals surface area (Å²) in [4.78, 5) is 107. The molecule has 5 aliphatic rings. The van der Waals surface area contributed by atoms with Crippen molar-refractivity contribution in [2.24, 2.45) is 17.8 Å². The van der Waals surface area contributed by atoms with Gasteiger partial charge in [0.2, 0.25) is 29.5 Å². The lowest BCUT2D eigenvalue weighted by molar-refractivity contribution is -0.118. The van der Waals surface area contributed by atoms with E-state index in [0.717, 1.165) is 94.6 Å². The monoisotopic (exact) mass is 1570 g/mol. The van der Waals surface area contributed by atoms with Crippen LogP contribution in [-0.4, -0.2) is 145 Å². The van der Waals surface area contributed by atoms with Gasteiger partial charge in [-0.05, 0) is 130 Å². The van der Waals surface area contributed by atoms with E-state index in [0.29, 0.717) is 51.4 Å². The van der Waals surface area contributed by atoms with Crippen LogP contribution in [0.1, 0.15) is 91.9 Å². The van der Waals surface area contributed by atoms with E-state index in [1.807, 2.05) is 148 Å². The molecule has 6 N–H and O–H groups in total. The molecule has 6 aromatic heterocycles. The minimum absolute atomic E-state index is 0. The van der Waals surface area contributed by atoms with Crippen molar-refractivity contribution in [1.29, 1.82) is 0 Å². The summed E-state index contributed by atoms with van der Waals surface area (Å²) >= 11 is 18.6. The molecule has 8 heterocycles. The van der Waals surface area contributed by atoms with E-state index < -0.39 is 5.91 Å². The van der Waals surface area contributed by atoms with Crippen molar-refractivity contribution in [1.82, 2.24) is 43.6 Å². The van der Waals surface area contributed by atoms with Crippen LogP contribution in [0.15, 0.2) is 165 Å². The van der Waals surface area contributed by atoms with Crippen LogP contribution in [0, 0.1) is 17.8 Å². The molecule has 28 nitrogen and oxygen atoms in total. The third kappa shape index (κ3) is 15.9. The zero-order valence-corrected chi connectivity index (χ0v) is 61.1. The number of hydrogen-bond donors (Lipinski definition) is 5. The van der Waals surface area contributed by atoms with Crippen LogP contribution in [0.2, 0.25) is 15.5 Å². The molecule has 6 aromatic carbocycles. The maximum absolute atomic E-state index is 13.5. The number of para-hydroxylation sites is 6. The zero-order chi connectivity index (χ0) is 75.7. The molecule has 0 spiro atoms. The molecule has 6 amide bonds. The number of benzene rings is 6. The minimum atomic E-state index is -0.576. The largest absolute Gasteiger partial charge is 0.495 e. The molecule has 3 saturated carbocycles. The van der Waals surface area contributed by atoms with Crippen LogP contribution in [-0.2, 0) is 14.4 Å². The molecule has 112 heavy (non-hydrogen) atoms. The second kappa shape index (κ2) is 33.9. The maximum Gasteiger partial charge on any atom is 0.267 e. The SMILES string of the molecule is C.C.C.COc1ccccc1-n1ccc2cc(N(CCO)C(=O)c3c(Cl)ncnc3Cl)cc(NC(=O)C3CC3)c21.COc1ccccc1-n1ccc2cc(N3CCOc4ncnc(Cl)c4C3=O)cc(NC(=O)C3CC3)c21.COc1ccccc1-n1ccc2cc(N3CCOc4ncnc(N)c4C3=O)cc(NC(=O)C3CC3)c21. The number of methoxy groups -OCH3 is 3. The number of nitrogens with two attached hydrogens (primary N) is 1. The number of nitrogen functional groups attached to an aromatic ring is 1. The van der Waals surface area contributed by atoms with Gasteiger partial charge in [-0.2, -0.15) is 0 Å². The third-order valence-electron chi connectivity index (χ3n) is 19.1. The fourth-order valence-corrected chi connectivity index (χ4v) is 13.9. The number of fused-ring (bicyclic) bond motifs is 5. The number of aliphatic hydroxyl groups excluding tert-OH is 1. The molecule has 2 aliphatic heterocycles. The first-order valence-corrected chi connectivity index (χ1v) is 36.0. The summed E-state index contributed by atoms with van der Waals surface area (Å²) in [5.41, 5.74) is 14.4. The molecule has 3 fully saturated rings. The third-order valence-corrected chi connectivity index (χ3v) is 19.9. The second-order valence-corrected chi connectivity index (χ2v) is 27.1. The lowest BCUT2D eigenvalue weighted by Crippen LogP contribution is -2.34. The fraction of sp³-hybridized carbons (Fsp3) is 0.259. The Hall–Kier alpha value is -12.4. The van der Waals surface area contributed by atoms with Gasteiger partial charge in [-0.3, -0.25) is 28.8 Å². The van der Waals surface area contributed by atoms with Gasteiger partial charge in [-0.15, -0.1) is 0 Å². The summed E-state index contributed by atoms with van der Waals surface area (Å²) in [7, 11) is 4.84. The van der Waals surface area contributed by atoms with Crippen LogP contribution in [0.3, 0.4) is 0 Å². The van der Waals surface area contributed by atoms with Crippen LogP contribution in [0.25, 0.3) is 49.8 Å². The normalized spacial score (nSPS) is 14.1. The number of nitrogens with zero attached hydrogens (tertiary/aromatic N) is 12. The molecular weight excluding hydrogens is 1500 g/mol. The van der Waals surface area contributed by atoms with Gasteiger partial charge in [0, 0.05) is 76.1 Å². The summed E-state index contributed by atoms with van der Waals surface area (Å²) in [6.07, 6.45) is 14.6. The van der Waals surface area contributed by atoms with E-state index >= 15 is 0 Å². The van der Waals surface area contributed by atoms with Crippen LogP contribution < -0.4 is 60.1 Å². The average molecular weight is 1580 g/mol. The standard InChI is InChI=1S/C26H23Cl2N5O4.C26H22ClN5O4.C26H24N6O4.3CH4/c1-37-20-5-3-2-4-19(20)33-9-8-16-12-17(13-18(22(16)33)31-25(35)15-6-7-15)32(10-11-34)26(36)21-23(27)29-14-30-24(21)28;2*1-35-20-5-3-2-4-19(20)32-9-8-16-12-17(13-18(22(16)32)30-24(33)15-6-7-15)31-10-11-36-25-21(26(31)34)23(27)28-14-29-25;;;/h2-5,8-9,12-15,34H,6-7,10-11H2,1H3,(H,31,35);2-5,8-9,12-15H,6-7,10-11H2,1H3,(H,30,33);2-5,8-9,12-15H,6-7,10-11H2,1H3,(H,30,33)(H2,27,28,29);3*1H4. The number of nitrogens with one attached hydrogen (secondary N) is 3. The van der Waals surface area contributed by atoms with Crippen molar-refractivity contribution < 1.29 is 57.6 Å². The number of hydrogen-bond acceptors (Lipinski definition) is 19. The zero-order valence-electron chi connectivity index (χ0n) is 58.8. The summed E-state index contributed by atoms with van der Waals surface area (Å²) < 4.78 is 34.0. The lowest BCUT2D eigenvalue weighted by Gasteiger charge is -2.24. The molecule has 0 bridgehead atoms. The summed E-state index contributed by atoms with van der Waals surface area (Å²) in [5.74, 6) is 0.970. The highest BCUT2D eigenvalue weighted by Crippen LogP contribution is 2.43. The first-order valence-electron chi connectivity index (χ1n) is 34.9. The van der Waals surface area contributed by atoms with E-state index in [1.54, 1.807) is 43.3 Å². The summed E-state index contributed by atoms with van der Waals surface area (Å²) in [6, 6.07) is 39.6. The number of carbonyl (C=O) groups is 6. The Bertz CT molecular complexity index is 5360. The molecule has 578 valence electrons. The van der Waals surface area contributed by atoms with Gasteiger partial charge < -0.3 is 78.9 Å². The summed E-state index contributed by atoms with van der Waals surface area (Å²) in [6.45, 7) is 0.660. The fourth-order valence-electron chi connectivity index (χ4n) is 13.2. The number of ether oxygens (including phenoxy) is 5. The van der Waals surface area contributed by atoms with E-state index in [1.165, 1.54) is 17.6 Å². The summed E-state index contributed by atoms with van der Waals surface area (Å²) in [5, 5.41) is 21.3. The van der Waals surface area contributed by atoms with Crippen LogP contribution >= 0.6 is 34.8 Å². The highest BCUT2D eigenvalue weighted by molar-refractivity contribution is 6.39. The van der Waals surface area contributed by atoms with Crippen molar-refractivity contribution in [3.05, 3.63) is 197 Å². The highest BCUT2D eigenvalue weighted by Gasteiger charge is 2.37. The van der Waals surface area contributed by atoms with Gasteiger partial charge in [0.1, 0.15) is 87.4 Å². The number of carbonyl (C=O) groups excluding carboxylic acids is 6. The van der Waals surface area contributed by atoms with Gasteiger partial charge in [0.25, 0.3) is 17.7 Å². The Morgan fingerprint density at radius 1 is 0.509 bits per heavy atom. The molecule has 0 atom stereocenters. The van der Waals surface area contributed by atoms with Gasteiger partial charge in [-0.25, -0.2) is 29.9 Å². The molecule has 3 aliphatic carbocycles. The Labute approximate surface area is 659 Å². The topological polar surface area (TPSA) is 333 Å². The van der Waals surface area contributed by atoms with E-state index in [9.17, 15) is 33.9 Å². The molecule has 0 radical (unpaired) electrons. The van der Waals surface area contributed by atoms with Crippen molar-refractivity contribution in [3.8, 4) is 46.1 Å². The quantitative estimate of drug-likeness (QED) is 0.0498. The Morgan fingerprint density at radius 3 is 1.30 bits per heavy atom. The smallest absolute Gasteiger partial charge is 0.267 e. The van der Waals surface area contributed by atoms with Crippen LogP contribution in [0.5, 0.6) is 29.0 Å². The van der Waals surface area contributed by atoms with Crippen molar-refractivity contribution in [2.45, 2.75) is 60.8 Å². The lowest BCUT2D eigenvalue weighted by atomic mass is 10.1. The number of aliphatic hydroxyl groups is 1. The molecule has 12 aromatic rings. The average Bonchev–Trinajstić information content (AvgIpc) is 1.54. The van der Waals surface area contributed by atoms with E-state index in [2.05, 4.69) is 45.9 Å². The molecule has 0 unspecified atom stereocenters. The van der Waals surface area contributed by atoms with E-state index in [4.69, 9.17) is 64.2 Å². The molecular formula is C81H81Cl3N16O12. The molecule has 17 rings (SSSR count). The predicted molar refractivity (Wildman–Crippen MR) is 432 cm³/mol. The van der Waals surface area contributed by atoms with Crippen molar-refractivity contribution in [3.63, 3.8) is 0 Å². The second-order valence-electron chi connectivity index (χ2n) is 26.1. The van der Waals surface area contributed by atoms with Crippen LogP contribution in [0.4, 0.5) is 39.9 Å². The number of amides is 6. The maximum atomic E-state index is 13.5. The van der Waals surface area contributed by atoms with Gasteiger partial charge in [0.05, 0.1) is 91.7 Å². The van der Waals surface area contributed by atoms with Crippen molar-refractivity contribution in [2.75, 3.05) is 97.2 Å². The Morgan fingerprint density at radius 2 is 0.884 bits per heavy atom. The van der Waals surface area contributed by atoms with Gasteiger partial charge >= 0.3 is 0 Å². The minimum Gasteiger partial charge on any atom is -0.495 e. The highest BCUT2D eigenvalue weighted by atomic mass is 35.5. The first-order chi connectivity index (χ1) is 53.0. The number of halogens is 3. The van der Waals surface area contributed by atoms with Crippen molar-refractivity contribution >= 4 is 143 Å². The van der Waals surface area contributed by atoms with Gasteiger partial charge in [0.15, 0.2) is 0 Å². The van der Waals surface area contributed by atoms with Gasteiger partial charge in [-0.1, -0.05) is 93.5 Å². The molecule has 0 saturated heterocycles. The number of aromatic nitrogens is 9.